The fraction of sp³-hybridized carbons (Fsp3) is 0.600. The molecular weight excluding hydrogens is 542 g/mol. The minimum Gasteiger partial charge on any atom is -0.504 e. The molecule has 3 aromatic rings. The fourth-order valence-electron chi connectivity index (χ4n) is 6.32. The average Bonchev–Trinajstić information content (AvgIpc) is 3.78. The van der Waals surface area contributed by atoms with E-state index in [1.807, 2.05) is 25.1 Å². The Hall–Kier alpha value is -2.78. The maximum atomic E-state index is 10.6. The molecule has 3 unspecified atom stereocenters. The highest BCUT2D eigenvalue weighted by Crippen LogP contribution is 2.38. The molecule has 0 aliphatic heterocycles. The van der Waals surface area contributed by atoms with E-state index in [4.69, 9.17) is 9.15 Å². The lowest BCUT2D eigenvalue weighted by Gasteiger charge is -2.24. The van der Waals surface area contributed by atoms with Crippen LogP contribution in [0.15, 0.2) is 40.9 Å². The van der Waals surface area contributed by atoms with Gasteiger partial charge < -0.3 is 40.1 Å². The zero-order valence-corrected chi connectivity index (χ0v) is 26.3. The number of aromatic nitrogens is 1. The first-order valence-corrected chi connectivity index (χ1v) is 16.4. The van der Waals surface area contributed by atoms with Gasteiger partial charge in [0, 0.05) is 49.3 Å². The molecule has 1 aliphatic rings. The SMILES string of the molecule is CCCCc1oc(CCc2ccc(O)c(OCC(NCC)c3cc(C(CNCC(C)O)C4CCCC4)c[nH]3)c2)cc1CO. The molecule has 238 valence electrons. The van der Waals surface area contributed by atoms with E-state index in [2.05, 4.69) is 41.7 Å². The van der Waals surface area contributed by atoms with Crippen LogP contribution in [0.4, 0.5) is 0 Å². The van der Waals surface area contributed by atoms with E-state index >= 15 is 0 Å². The lowest BCUT2D eigenvalue weighted by Crippen LogP contribution is -2.31. The van der Waals surface area contributed by atoms with Crippen molar-refractivity contribution in [2.45, 2.75) is 103 Å². The number of phenolic OH excluding ortho intramolecular Hbond substituents is 1. The summed E-state index contributed by atoms with van der Waals surface area (Å²) in [6, 6.07) is 9.70. The summed E-state index contributed by atoms with van der Waals surface area (Å²) < 4.78 is 12.3. The van der Waals surface area contributed by atoms with Crippen molar-refractivity contribution in [1.29, 1.82) is 0 Å². The molecule has 1 aliphatic carbocycles. The molecule has 0 radical (unpaired) electrons. The molecule has 3 atom stereocenters. The number of likely N-dealkylation sites (N-methyl/N-ethyl adjacent to an activating group) is 1. The molecule has 1 saturated carbocycles. The summed E-state index contributed by atoms with van der Waals surface area (Å²) in [5.41, 5.74) is 4.30. The lowest BCUT2D eigenvalue weighted by atomic mass is 9.85. The number of hydrogen-bond donors (Lipinski definition) is 6. The number of aromatic hydroxyl groups is 1. The summed E-state index contributed by atoms with van der Waals surface area (Å²) in [6.45, 7) is 8.66. The number of unbranched alkanes of at least 4 members (excludes halogenated alkanes) is 1. The Bertz CT molecular complexity index is 1230. The summed E-state index contributed by atoms with van der Waals surface area (Å²) in [7, 11) is 0. The zero-order chi connectivity index (χ0) is 30.6. The molecule has 6 N–H and O–H groups in total. The number of ether oxygens (including phenoxy) is 1. The van der Waals surface area contributed by atoms with Gasteiger partial charge in [-0.15, -0.1) is 0 Å². The lowest BCUT2D eigenvalue weighted by molar-refractivity contribution is 0.189. The van der Waals surface area contributed by atoms with Crippen LogP contribution in [0.5, 0.6) is 11.5 Å². The molecule has 8 nitrogen and oxygen atoms in total. The number of aliphatic hydroxyl groups is 2. The number of furan rings is 1. The molecule has 43 heavy (non-hydrogen) atoms. The van der Waals surface area contributed by atoms with Crippen LogP contribution in [-0.2, 0) is 25.9 Å². The second-order valence-corrected chi connectivity index (χ2v) is 12.2. The van der Waals surface area contributed by atoms with Gasteiger partial charge in [0.05, 0.1) is 18.8 Å². The van der Waals surface area contributed by atoms with Crippen molar-refractivity contribution in [1.82, 2.24) is 15.6 Å². The van der Waals surface area contributed by atoms with Gasteiger partial charge in [-0.05, 0) is 80.5 Å². The third-order valence-electron chi connectivity index (χ3n) is 8.72. The van der Waals surface area contributed by atoms with Gasteiger partial charge in [-0.3, -0.25) is 0 Å². The Balaban J connectivity index is 1.39. The molecule has 4 rings (SSSR count). The summed E-state index contributed by atoms with van der Waals surface area (Å²) in [5.74, 6) is 3.41. The third kappa shape index (κ3) is 9.60. The first kappa shape index (κ1) is 33.1. The normalized spacial score (nSPS) is 16.0. The zero-order valence-electron chi connectivity index (χ0n) is 26.3. The Kier molecular flexibility index (Phi) is 13.0. The number of H-pyrrole nitrogens is 1. The molecule has 2 aromatic heterocycles. The quantitative estimate of drug-likeness (QED) is 0.102. The first-order chi connectivity index (χ1) is 20.9. The van der Waals surface area contributed by atoms with E-state index in [-0.39, 0.29) is 24.5 Å². The van der Waals surface area contributed by atoms with Gasteiger partial charge in [-0.25, -0.2) is 0 Å². The van der Waals surface area contributed by atoms with E-state index in [0.717, 1.165) is 67.1 Å². The van der Waals surface area contributed by atoms with E-state index in [1.54, 1.807) is 6.07 Å². The fourth-order valence-corrected chi connectivity index (χ4v) is 6.32. The van der Waals surface area contributed by atoms with Gasteiger partial charge in [-0.1, -0.05) is 39.2 Å². The maximum Gasteiger partial charge on any atom is 0.161 e. The van der Waals surface area contributed by atoms with Crippen LogP contribution in [0.3, 0.4) is 0 Å². The second kappa shape index (κ2) is 16.9. The molecule has 1 fully saturated rings. The number of phenols is 1. The minimum absolute atomic E-state index is 0.00384. The summed E-state index contributed by atoms with van der Waals surface area (Å²) >= 11 is 0. The highest BCUT2D eigenvalue weighted by atomic mass is 16.5. The Morgan fingerprint density at radius 1 is 1.07 bits per heavy atom. The maximum absolute atomic E-state index is 10.6. The molecular formula is C35H53N3O5. The van der Waals surface area contributed by atoms with E-state index in [1.165, 1.54) is 31.2 Å². The second-order valence-electron chi connectivity index (χ2n) is 12.2. The molecule has 8 heteroatoms. The Morgan fingerprint density at radius 3 is 2.60 bits per heavy atom. The predicted octanol–water partition coefficient (Wildman–Crippen LogP) is 5.91. The molecule has 1 aromatic carbocycles. The number of hydrogen-bond acceptors (Lipinski definition) is 7. The number of rotatable bonds is 19. The van der Waals surface area contributed by atoms with Gasteiger partial charge in [-0.2, -0.15) is 0 Å². The van der Waals surface area contributed by atoms with Crippen LogP contribution in [0.1, 0.15) is 105 Å². The molecule has 2 heterocycles. The Morgan fingerprint density at radius 2 is 1.88 bits per heavy atom. The average molecular weight is 596 g/mol. The van der Waals surface area contributed by atoms with Crippen molar-refractivity contribution in [3.05, 3.63) is 70.4 Å². The molecule has 0 saturated heterocycles. The predicted molar refractivity (Wildman–Crippen MR) is 171 cm³/mol. The van der Waals surface area contributed by atoms with E-state index in [0.29, 0.717) is 37.2 Å². The van der Waals surface area contributed by atoms with Gasteiger partial charge in [0.1, 0.15) is 18.1 Å². The van der Waals surface area contributed by atoms with Crippen molar-refractivity contribution in [2.75, 3.05) is 26.2 Å². The highest BCUT2D eigenvalue weighted by Gasteiger charge is 2.28. The number of aromatic amines is 1. The van der Waals surface area contributed by atoms with Crippen LogP contribution in [-0.4, -0.2) is 52.6 Å². The highest BCUT2D eigenvalue weighted by molar-refractivity contribution is 5.42. The molecule has 0 bridgehead atoms. The minimum atomic E-state index is -0.358. The van der Waals surface area contributed by atoms with Crippen molar-refractivity contribution < 1.29 is 24.5 Å². The number of nitrogens with one attached hydrogen (secondary N) is 3. The van der Waals surface area contributed by atoms with Crippen molar-refractivity contribution in [2.24, 2.45) is 5.92 Å². The van der Waals surface area contributed by atoms with Gasteiger partial charge in [0.2, 0.25) is 0 Å². The van der Waals surface area contributed by atoms with Crippen LogP contribution in [0.25, 0.3) is 0 Å². The van der Waals surface area contributed by atoms with Crippen LogP contribution in [0, 0.1) is 5.92 Å². The van der Waals surface area contributed by atoms with Gasteiger partial charge in [0.25, 0.3) is 0 Å². The summed E-state index contributed by atoms with van der Waals surface area (Å²) in [5, 5.41) is 37.0. The molecule has 0 amide bonds. The van der Waals surface area contributed by atoms with Crippen LogP contribution < -0.4 is 15.4 Å². The monoisotopic (exact) mass is 595 g/mol. The smallest absolute Gasteiger partial charge is 0.161 e. The first-order valence-electron chi connectivity index (χ1n) is 16.4. The standard InChI is InChI=1S/C35H53N3O5/c1-4-6-11-34-28(22-39)17-29(43-34)14-12-25-13-15-33(41)35(16-25)42-23-32(37-5-2)31-18-27(20-38-31)30(21-36-19-24(3)40)26-9-7-8-10-26/h13,15-18,20,24,26,30,32,36-41H,4-12,14,19,21-23H2,1-3H3. The Labute approximate surface area is 257 Å². The van der Waals surface area contributed by atoms with Crippen molar-refractivity contribution in [3.8, 4) is 11.5 Å². The summed E-state index contributed by atoms with van der Waals surface area (Å²) in [6.07, 6.45) is 11.3. The van der Waals surface area contributed by atoms with Crippen LogP contribution >= 0.6 is 0 Å². The number of aryl methyl sites for hydroxylation is 3. The molecule has 0 spiro atoms. The van der Waals surface area contributed by atoms with Gasteiger partial charge in [0.15, 0.2) is 11.5 Å². The number of aliphatic hydroxyl groups excluding tert-OH is 2. The third-order valence-corrected chi connectivity index (χ3v) is 8.72. The largest absolute Gasteiger partial charge is 0.504 e. The summed E-state index contributed by atoms with van der Waals surface area (Å²) in [4.78, 5) is 3.51. The van der Waals surface area contributed by atoms with E-state index < -0.39 is 0 Å². The van der Waals surface area contributed by atoms with Crippen molar-refractivity contribution in [3.63, 3.8) is 0 Å². The number of benzene rings is 1. The van der Waals surface area contributed by atoms with E-state index in [9.17, 15) is 15.3 Å². The van der Waals surface area contributed by atoms with Crippen LogP contribution in [0.2, 0.25) is 0 Å². The van der Waals surface area contributed by atoms with Gasteiger partial charge >= 0.3 is 0 Å². The topological polar surface area (TPSA) is 123 Å². The van der Waals surface area contributed by atoms with Crippen molar-refractivity contribution >= 4 is 0 Å².